The molecular weight excluding hydrogens is 286 g/mol. The van der Waals surface area contributed by atoms with E-state index >= 15 is 0 Å². The number of nitrogens with one attached hydrogen (secondary N) is 1. The summed E-state index contributed by atoms with van der Waals surface area (Å²) in [6.45, 7) is 8.08. The molecule has 6 heteroatoms. The molecule has 0 atom stereocenters. The largest absolute Gasteiger partial charge is 0.416 e. The normalized spacial score (nSPS) is 11.4. The Labute approximate surface area is 128 Å². The predicted molar refractivity (Wildman–Crippen MR) is 83.5 cm³/mol. The van der Waals surface area contributed by atoms with E-state index < -0.39 is 0 Å². The molecule has 0 spiro atoms. The molecule has 21 heavy (non-hydrogen) atoms. The summed E-state index contributed by atoms with van der Waals surface area (Å²) in [5.74, 6) is 0.642. The summed E-state index contributed by atoms with van der Waals surface area (Å²) in [5, 5.41) is 10.9. The fourth-order valence-electron chi connectivity index (χ4n) is 1.90. The summed E-state index contributed by atoms with van der Waals surface area (Å²) in [5.41, 5.74) is 1.93. The Morgan fingerprint density at radius 1 is 1.29 bits per heavy atom. The first-order chi connectivity index (χ1) is 9.86. The highest BCUT2D eigenvalue weighted by atomic mass is 32.2. The van der Waals surface area contributed by atoms with Crippen LogP contribution in [0.3, 0.4) is 0 Å². The monoisotopic (exact) mass is 305 g/mol. The van der Waals surface area contributed by atoms with E-state index in [-0.39, 0.29) is 17.1 Å². The van der Waals surface area contributed by atoms with E-state index in [2.05, 4.69) is 36.3 Å². The van der Waals surface area contributed by atoms with E-state index in [0.29, 0.717) is 11.1 Å². The highest BCUT2D eigenvalue weighted by molar-refractivity contribution is 7.99. The van der Waals surface area contributed by atoms with Crippen LogP contribution in [-0.2, 0) is 10.2 Å². The number of hydrogen-bond acceptors (Lipinski definition) is 5. The summed E-state index contributed by atoms with van der Waals surface area (Å²) in [6.07, 6.45) is 0. The highest BCUT2D eigenvalue weighted by Gasteiger charge is 2.18. The van der Waals surface area contributed by atoms with Gasteiger partial charge in [-0.25, -0.2) is 0 Å². The lowest BCUT2D eigenvalue weighted by Gasteiger charge is -2.22. The lowest BCUT2D eigenvalue weighted by Crippen LogP contribution is -2.19. The number of carbonyl (C=O) groups is 1. The van der Waals surface area contributed by atoms with Gasteiger partial charge in [-0.3, -0.25) is 4.79 Å². The molecule has 0 radical (unpaired) electrons. The number of benzene rings is 1. The van der Waals surface area contributed by atoms with Gasteiger partial charge >= 0.3 is 0 Å². The smallest absolute Gasteiger partial charge is 0.277 e. The first-order valence-corrected chi connectivity index (χ1v) is 7.67. The third kappa shape index (κ3) is 4.32. The molecule has 1 aromatic heterocycles. The van der Waals surface area contributed by atoms with Gasteiger partial charge in [0.2, 0.25) is 11.8 Å². The van der Waals surface area contributed by atoms with Crippen LogP contribution in [0.4, 0.5) is 5.69 Å². The Morgan fingerprint density at radius 2 is 2.00 bits per heavy atom. The van der Waals surface area contributed by atoms with Crippen molar-refractivity contribution in [3.8, 4) is 0 Å². The molecule has 0 fully saturated rings. The predicted octanol–water partition coefficient (Wildman–Crippen LogP) is 3.41. The van der Waals surface area contributed by atoms with Gasteiger partial charge in [0.15, 0.2) is 0 Å². The van der Waals surface area contributed by atoms with Gasteiger partial charge in [0, 0.05) is 12.6 Å². The van der Waals surface area contributed by atoms with Gasteiger partial charge < -0.3 is 9.73 Å². The lowest BCUT2D eigenvalue weighted by atomic mass is 9.86. The van der Waals surface area contributed by atoms with E-state index in [1.807, 2.05) is 24.3 Å². The van der Waals surface area contributed by atoms with Crippen molar-refractivity contribution in [3.63, 3.8) is 0 Å². The van der Waals surface area contributed by atoms with Crippen LogP contribution in [0, 0.1) is 6.92 Å². The standard InChI is InChI=1S/C15H19N3O2S/c1-10-17-18-14(20-10)21-9-13(19)16-12-8-6-5-7-11(12)15(2,3)4/h5-8H,9H2,1-4H3,(H,16,19). The number of para-hydroxylation sites is 1. The second-order valence-electron chi connectivity index (χ2n) is 5.72. The Hall–Kier alpha value is -1.82. The van der Waals surface area contributed by atoms with Gasteiger partial charge in [-0.2, -0.15) is 0 Å². The molecule has 0 saturated carbocycles. The first kappa shape index (κ1) is 15.6. The lowest BCUT2D eigenvalue weighted by molar-refractivity contribution is -0.113. The molecule has 5 nitrogen and oxygen atoms in total. The molecule has 1 amide bonds. The zero-order chi connectivity index (χ0) is 15.5. The summed E-state index contributed by atoms with van der Waals surface area (Å²) < 4.78 is 5.22. The second-order valence-corrected chi connectivity index (χ2v) is 6.65. The number of rotatable bonds is 4. The molecular formula is C15H19N3O2S. The van der Waals surface area contributed by atoms with Crippen molar-refractivity contribution in [2.24, 2.45) is 0 Å². The fraction of sp³-hybridized carbons (Fsp3) is 0.400. The van der Waals surface area contributed by atoms with Crippen LogP contribution in [0.2, 0.25) is 0 Å². The van der Waals surface area contributed by atoms with Gasteiger partial charge in [-0.05, 0) is 17.0 Å². The van der Waals surface area contributed by atoms with E-state index in [4.69, 9.17) is 4.42 Å². The second kappa shape index (κ2) is 6.30. The van der Waals surface area contributed by atoms with Crippen LogP contribution in [-0.4, -0.2) is 21.9 Å². The van der Waals surface area contributed by atoms with Crippen LogP contribution in [0.15, 0.2) is 33.9 Å². The van der Waals surface area contributed by atoms with Crippen molar-refractivity contribution < 1.29 is 9.21 Å². The third-order valence-corrected chi connectivity index (χ3v) is 3.66. The molecule has 2 aromatic rings. The highest BCUT2D eigenvalue weighted by Crippen LogP contribution is 2.29. The SMILES string of the molecule is Cc1nnc(SCC(=O)Nc2ccccc2C(C)(C)C)o1. The van der Waals surface area contributed by atoms with Crippen molar-refractivity contribution in [2.75, 3.05) is 11.1 Å². The Balaban J connectivity index is 2.00. The molecule has 1 heterocycles. The van der Waals surface area contributed by atoms with Gasteiger partial charge in [-0.1, -0.05) is 50.7 Å². The molecule has 2 rings (SSSR count). The van der Waals surface area contributed by atoms with Crippen molar-refractivity contribution in [1.29, 1.82) is 0 Å². The maximum Gasteiger partial charge on any atom is 0.277 e. The van der Waals surface area contributed by atoms with Crippen molar-refractivity contribution in [3.05, 3.63) is 35.7 Å². The summed E-state index contributed by atoms with van der Waals surface area (Å²) in [6, 6.07) is 7.84. The van der Waals surface area contributed by atoms with Gasteiger partial charge in [-0.15, -0.1) is 10.2 Å². The molecule has 0 aliphatic carbocycles. The summed E-state index contributed by atoms with van der Waals surface area (Å²) in [4.78, 5) is 12.0. The minimum Gasteiger partial charge on any atom is -0.416 e. The summed E-state index contributed by atoms with van der Waals surface area (Å²) in [7, 11) is 0. The maximum absolute atomic E-state index is 12.0. The summed E-state index contributed by atoms with van der Waals surface area (Å²) >= 11 is 1.23. The van der Waals surface area contributed by atoms with Gasteiger partial charge in [0.1, 0.15) is 0 Å². The van der Waals surface area contributed by atoms with Crippen LogP contribution < -0.4 is 5.32 Å². The molecule has 0 aliphatic heterocycles. The maximum atomic E-state index is 12.0. The number of nitrogens with zero attached hydrogens (tertiary/aromatic N) is 2. The molecule has 1 aromatic carbocycles. The number of thioether (sulfide) groups is 1. The van der Waals surface area contributed by atoms with E-state index in [1.54, 1.807) is 6.92 Å². The molecule has 0 bridgehead atoms. The van der Waals surface area contributed by atoms with Crippen molar-refractivity contribution >= 4 is 23.4 Å². The first-order valence-electron chi connectivity index (χ1n) is 6.68. The molecule has 1 N–H and O–H groups in total. The fourth-order valence-corrected chi connectivity index (χ4v) is 2.50. The number of hydrogen-bond donors (Lipinski definition) is 1. The zero-order valence-corrected chi connectivity index (χ0v) is 13.5. The number of amides is 1. The van der Waals surface area contributed by atoms with E-state index in [9.17, 15) is 4.79 Å². The van der Waals surface area contributed by atoms with Crippen molar-refractivity contribution in [2.45, 2.75) is 38.3 Å². The molecule has 112 valence electrons. The van der Waals surface area contributed by atoms with Crippen molar-refractivity contribution in [1.82, 2.24) is 10.2 Å². The van der Waals surface area contributed by atoms with Crippen LogP contribution in [0.25, 0.3) is 0 Å². The third-order valence-electron chi connectivity index (χ3n) is 2.84. The average Bonchev–Trinajstić information content (AvgIpc) is 2.82. The Kier molecular flexibility index (Phi) is 4.67. The number of aromatic nitrogens is 2. The number of anilines is 1. The quantitative estimate of drug-likeness (QED) is 0.877. The van der Waals surface area contributed by atoms with E-state index in [0.717, 1.165) is 11.3 Å². The topological polar surface area (TPSA) is 68.0 Å². The van der Waals surface area contributed by atoms with Gasteiger partial charge in [0.25, 0.3) is 5.22 Å². The minimum atomic E-state index is -0.0902. The van der Waals surface area contributed by atoms with E-state index in [1.165, 1.54) is 11.8 Å². The number of carbonyl (C=O) groups excluding carboxylic acids is 1. The molecule has 0 unspecified atom stereocenters. The van der Waals surface area contributed by atoms with Crippen LogP contribution >= 0.6 is 11.8 Å². The Bertz CT molecular complexity index is 632. The molecule has 0 saturated heterocycles. The van der Waals surface area contributed by atoms with Crippen LogP contribution in [0.5, 0.6) is 0 Å². The minimum absolute atomic E-state index is 0.0272. The van der Waals surface area contributed by atoms with Gasteiger partial charge in [0.05, 0.1) is 5.75 Å². The Morgan fingerprint density at radius 3 is 2.62 bits per heavy atom. The molecule has 0 aliphatic rings. The number of aryl methyl sites for hydroxylation is 1. The average molecular weight is 305 g/mol. The zero-order valence-electron chi connectivity index (χ0n) is 12.6. The van der Waals surface area contributed by atoms with Crippen LogP contribution in [0.1, 0.15) is 32.2 Å².